The van der Waals surface area contributed by atoms with Crippen LogP contribution in [0.5, 0.6) is 0 Å². The van der Waals surface area contributed by atoms with Gasteiger partial charge in [-0.3, -0.25) is 4.79 Å². The van der Waals surface area contributed by atoms with E-state index in [4.69, 9.17) is 5.73 Å². The molecule has 0 aliphatic carbocycles. The van der Waals surface area contributed by atoms with Gasteiger partial charge in [0.2, 0.25) is 5.91 Å². The number of amides is 1. The van der Waals surface area contributed by atoms with Crippen LogP contribution >= 0.6 is 0 Å². The summed E-state index contributed by atoms with van der Waals surface area (Å²) in [5.74, 6) is 0.124. The Bertz CT molecular complexity index is 542. The van der Waals surface area contributed by atoms with Gasteiger partial charge in [0.05, 0.1) is 11.5 Å². The highest BCUT2D eigenvalue weighted by Crippen LogP contribution is 2.17. The molecule has 2 rings (SSSR count). The van der Waals surface area contributed by atoms with Crippen molar-refractivity contribution < 1.29 is 13.2 Å². The van der Waals surface area contributed by atoms with Gasteiger partial charge in [-0.1, -0.05) is 30.3 Å². The average Bonchev–Trinajstić information content (AvgIpc) is 2.76. The topological polar surface area (TPSA) is 89.3 Å². The number of nitrogens with two attached hydrogens (primary N) is 1. The first-order valence-corrected chi connectivity index (χ1v) is 8.09. The molecule has 0 aromatic heterocycles. The summed E-state index contributed by atoms with van der Waals surface area (Å²) in [7, 11) is -2.90. The Morgan fingerprint density at radius 2 is 2.05 bits per heavy atom. The minimum absolute atomic E-state index is 0.0110. The molecule has 0 radical (unpaired) electrons. The fraction of sp³-hybridized carbons (Fsp3) is 0.462. The normalized spacial score (nSPS) is 22.9. The maximum absolute atomic E-state index is 11.9. The molecule has 0 bridgehead atoms. The highest BCUT2D eigenvalue weighted by atomic mass is 32.2. The van der Waals surface area contributed by atoms with Crippen LogP contribution in [0.2, 0.25) is 0 Å². The van der Waals surface area contributed by atoms with Crippen LogP contribution in [0.3, 0.4) is 0 Å². The second kappa shape index (κ2) is 5.71. The van der Waals surface area contributed by atoms with Crippen molar-refractivity contribution in [3.63, 3.8) is 0 Å². The Balaban J connectivity index is 1.85. The van der Waals surface area contributed by atoms with E-state index >= 15 is 0 Å². The largest absolute Gasteiger partial charge is 0.354 e. The van der Waals surface area contributed by atoms with Gasteiger partial charge in [0, 0.05) is 6.54 Å². The molecule has 5 nitrogen and oxygen atoms in total. The molecule has 2 atom stereocenters. The smallest absolute Gasteiger partial charge is 0.241 e. The third kappa shape index (κ3) is 3.78. The van der Waals surface area contributed by atoms with Crippen molar-refractivity contribution in [3.8, 4) is 0 Å². The fourth-order valence-electron chi connectivity index (χ4n) is 2.20. The SMILES string of the molecule is NC(C(=O)NCC1CCS(=O)(=O)C1)c1ccccc1. The lowest BCUT2D eigenvalue weighted by molar-refractivity contribution is -0.122. The number of benzene rings is 1. The van der Waals surface area contributed by atoms with Crippen LogP contribution in [0.15, 0.2) is 30.3 Å². The van der Waals surface area contributed by atoms with Crippen LogP contribution in [0.25, 0.3) is 0 Å². The molecule has 6 heteroatoms. The summed E-state index contributed by atoms with van der Waals surface area (Å²) in [6, 6.07) is 8.39. The molecule has 1 aliphatic heterocycles. The quantitative estimate of drug-likeness (QED) is 0.827. The molecule has 1 amide bonds. The fourth-order valence-corrected chi connectivity index (χ4v) is 4.06. The van der Waals surface area contributed by atoms with Gasteiger partial charge in [-0.05, 0) is 17.9 Å². The molecule has 1 aliphatic rings. The van der Waals surface area contributed by atoms with E-state index in [9.17, 15) is 13.2 Å². The lowest BCUT2D eigenvalue weighted by atomic mass is 10.1. The molecule has 19 heavy (non-hydrogen) atoms. The summed E-state index contributed by atoms with van der Waals surface area (Å²) in [5, 5.41) is 2.73. The Hall–Kier alpha value is -1.40. The molecule has 104 valence electrons. The Morgan fingerprint density at radius 1 is 1.37 bits per heavy atom. The molecule has 1 fully saturated rings. The van der Waals surface area contributed by atoms with Crippen molar-refractivity contribution in [2.75, 3.05) is 18.1 Å². The molecule has 0 saturated carbocycles. The van der Waals surface area contributed by atoms with E-state index < -0.39 is 15.9 Å². The highest BCUT2D eigenvalue weighted by molar-refractivity contribution is 7.91. The van der Waals surface area contributed by atoms with Gasteiger partial charge in [-0.15, -0.1) is 0 Å². The number of nitrogens with one attached hydrogen (secondary N) is 1. The lowest BCUT2D eigenvalue weighted by Crippen LogP contribution is -2.37. The van der Waals surface area contributed by atoms with Gasteiger partial charge < -0.3 is 11.1 Å². The van der Waals surface area contributed by atoms with Crippen LogP contribution in [0.4, 0.5) is 0 Å². The Morgan fingerprint density at radius 3 is 2.63 bits per heavy atom. The second-order valence-electron chi connectivity index (χ2n) is 4.90. The van der Waals surface area contributed by atoms with Gasteiger partial charge in [0.1, 0.15) is 6.04 Å². The van der Waals surface area contributed by atoms with E-state index in [1.165, 1.54) is 0 Å². The van der Waals surface area contributed by atoms with Crippen molar-refractivity contribution in [3.05, 3.63) is 35.9 Å². The monoisotopic (exact) mass is 282 g/mol. The Kier molecular flexibility index (Phi) is 4.21. The van der Waals surface area contributed by atoms with Crippen LogP contribution < -0.4 is 11.1 Å². The van der Waals surface area contributed by atoms with E-state index in [-0.39, 0.29) is 23.3 Å². The summed E-state index contributed by atoms with van der Waals surface area (Å²) < 4.78 is 22.6. The van der Waals surface area contributed by atoms with Gasteiger partial charge in [0.25, 0.3) is 0 Å². The maximum atomic E-state index is 11.9. The van der Waals surface area contributed by atoms with E-state index in [0.29, 0.717) is 13.0 Å². The van der Waals surface area contributed by atoms with E-state index in [0.717, 1.165) is 5.56 Å². The van der Waals surface area contributed by atoms with E-state index in [1.807, 2.05) is 18.2 Å². The molecular formula is C13H18N2O3S. The number of carbonyl (C=O) groups is 1. The van der Waals surface area contributed by atoms with Crippen LogP contribution in [0, 0.1) is 5.92 Å². The summed E-state index contributed by atoms with van der Waals surface area (Å²) in [6.07, 6.45) is 0.614. The summed E-state index contributed by atoms with van der Waals surface area (Å²) >= 11 is 0. The highest BCUT2D eigenvalue weighted by Gasteiger charge is 2.28. The molecule has 1 saturated heterocycles. The van der Waals surface area contributed by atoms with Crippen molar-refractivity contribution in [2.24, 2.45) is 11.7 Å². The summed E-state index contributed by atoms with van der Waals surface area (Å²) in [4.78, 5) is 11.9. The predicted octanol–water partition coefficient (Wildman–Crippen LogP) is 0.237. The lowest BCUT2D eigenvalue weighted by Gasteiger charge is -2.14. The number of rotatable bonds is 4. The third-order valence-corrected chi connectivity index (χ3v) is 5.17. The van der Waals surface area contributed by atoms with Crippen LogP contribution in [-0.4, -0.2) is 32.4 Å². The van der Waals surface area contributed by atoms with E-state index in [1.54, 1.807) is 12.1 Å². The zero-order valence-corrected chi connectivity index (χ0v) is 11.4. The van der Waals surface area contributed by atoms with Crippen LogP contribution in [0.1, 0.15) is 18.0 Å². The second-order valence-corrected chi connectivity index (χ2v) is 7.13. The number of carbonyl (C=O) groups excluding carboxylic acids is 1. The first-order chi connectivity index (χ1) is 8.98. The summed E-state index contributed by atoms with van der Waals surface area (Å²) in [6.45, 7) is 0.374. The van der Waals surface area contributed by atoms with Gasteiger partial charge in [0.15, 0.2) is 9.84 Å². The average molecular weight is 282 g/mol. The van der Waals surface area contributed by atoms with Crippen molar-refractivity contribution in [1.82, 2.24) is 5.32 Å². The third-order valence-electron chi connectivity index (χ3n) is 3.33. The van der Waals surface area contributed by atoms with Gasteiger partial charge in [-0.2, -0.15) is 0 Å². The van der Waals surface area contributed by atoms with E-state index in [2.05, 4.69) is 5.32 Å². The summed E-state index contributed by atoms with van der Waals surface area (Å²) in [5.41, 5.74) is 6.60. The first kappa shape index (κ1) is 14.0. The standard InChI is InChI=1S/C13H18N2O3S/c14-12(11-4-2-1-3-5-11)13(16)15-8-10-6-7-19(17,18)9-10/h1-5,10,12H,6-9,14H2,(H,15,16). The number of hydrogen-bond donors (Lipinski definition) is 2. The Labute approximate surface area is 113 Å². The molecule has 0 spiro atoms. The van der Waals surface area contributed by atoms with Crippen LogP contribution in [-0.2, 0) is 14.6 Å². The minimum Gasteiger partial charge on any atom is -0.354 e. The van der Waals surface area contributed by atoms with Crippen molar-refractivity contribution in [2.45, 2.75) is 12.5 Å². The zero-order valence-electron chi connectivity index (χ0n) is 10.6. The number of sulfone groups is 1. The minimum atomic E-state index is -2.90. The van der Waals surface area contributed by atoms with Crippen molar-refractivity contribution >= 4 is 15.7 Å². The number of hydrogen-bond acceptors (Lipinski definition) is 4. The molecular weight excluding hydrogens is 264 g/mol. The van der Waals surface area contributed by atoms with Gasteiger partial charge in [-0.25, -0.2) is 8.42 Å². The molecule has 3 N–H and O–H groups in total. The van der Waals surface area contributed by atoms with Gasteiger partial charge >= 0.3 is 0 Å². The molecule has 1 aromatic carbocycles. The zero-order chi connectivity index (χ0) is 13.9. The maximum Gasteiger partial charge on any atom is 0.241 e. The molecule has 1 heterocycles. The molecule has 1 aromatic rings. The first-order valence-electron chi connectivity index (χ1n) is 6.26. The molecule has 2 unspecified atom stereocenters. The van der Waals surface area contributed by atoms with Crippen molar-refractivity contribution in [1.29, 1.82) is 0 Å². The predicted molar refractivity (Wildman–Crippen MR) is 73.1 cm³/mol.